The first kappa shape index (κ1) is 20.1. The summed E-state index contributed by atoms with van der Waals surface area (Å²) in [6, 6.07) is 7.57. The zero-order valence-corrected chi connectivity index (χ0v) is 14.9. The predicted molar refractivity (Wildman–Crippen MR) is 97.6 cm³/mol. The van der Waals surface area contributed by atoms with Crippen molar-refractivity contribution < 1.29 is 14.3 Å². The smallest absolute Gasteiger partial charge is 0.512 e. The van der Waals surface area contributed by atoms with Crippen molar-refractivity contribution in [3.05, 3.63) is 29.8 Å². The fourth-order valence-corrected chi connectivity index (χ4v) is 2.54. The number of benzene rings is 1. The molecule has 0 aliphatic rings. The van der Waals surface area contributed by atoms with Gasteiger partial charge in [-0.1, -0.05) is 82.4 Å². The Morgan fingerprint density at radius 1 is 0.826 bits per heavy atom. The molecule has 1 N–H and O–H groups in total. The summed E-state index contributed by atoms with van der Waals surface area (Å²) in [6.07, 6.45) is 12.9. The van der Waals surface area contributed by atoms with Crippen molar-refractivity contribution in [2.75, 3.05) is 6.61 Å². The molecule has 0 aromatic heterocycles. The summed E-state index contributed by atoms with van der Waals surface area (Å²) in [5.41, 5.74) is 1.16. The second-order valence-corrected chi connectivity index (χ2v) is 6.29. The Morgan fingerprint density at radius 3 is 1.91 bits per heavy atom. The van der Waals surface area contributed by atoms with E-state index in [9.17, 15) is 5.02 Å². The largest absolute Gasteiger partial charge is 0.710 e. The molecule has 0 saturated heterocycles. The molecule has 0 saturated carbocycles. The van der Waals surface area contributed by atoms with Gasteiger partial charge < -0.3 is 14.3 Å². The van der Waals surface area contributed by atoms with Gasteiger partial charge in [0.2, 0.25) is 0 Å². The van der Waals surface area contributed by atoms with E-state index in [1.807, 2.05) is 31.2 Å². The summed E-state index contributed by atoms with van der Waals surface area (Å²) in [5, 5.41) is 9.67. The van der Waals surface area contributed by atoms with E-state index in [1.54, 1.807) is 0 Å². The third kappa shape index (κ3) is 11.2. The molecule has 0 aliphatic heterocycles. The fraction of sp³-hybridized carbons (Fsp3) is 0.684. The standard InChI is InChI=1S/C19H33BO3/c1-3-4-5-6-7-8-9-10-11-12-17-22-20(21)23-19-15-13-18(2)14-16-19/h13-16,21H,3-12,17H2,1-2H3. The molecule has 1 rings (SSSR count). The van der Waals surface area contributed by atoms with E-state index in [4.69, 9.17) is 9.31 Å². The summed E-state index contributed by atoms with van der Waals surface area (Å²) in [5.74, 6) is 0.631. The zero-order chi connectivity index (χ0) is 16.8. The fourth-order valence-electron chi connectivity index (χ4n) is 2.54. The Morgan fingerprint density at radius 2 is 1.35 bits per heavy atom. The summed E-state index contributed by atoms with van der Waals surface area (Å²) in [6.45, 7) is 4.82. The maximum absolute atomic E-state index is 9.67. The van der Waals surface area contributed by atoms with E-state index in [1.165, 1.54) is 51.4 Å². The number of unbranched alkanes of at least 4 members (excludes halogenated alkanes) is 9. The lowest BCUT2D eigenvalue weighted by Crippen LogP contribution is -2.26. The van der Waals surface area contributed by atoms with Crippen molar-refractivity contribution in [1.29, 1.82) is 0 Å². The summed E-state index contributed by atoms with van der Waals surface area (Å²) in [4.78, 5) is 0. The SMILES string of the molecule is CCCCCCCCCCCCOB(O)Oc1ccc(C)cc1. The molecule has 4 heteroatoms. The number of hydrogen-bond acceptors (Lipinski definition) is 3. The third-order valence-corrected chi connectivity index (χ3v) is 4.02. The normalized spacial score (nSPS) is 10.7. The molecular weight excluding hydrogens is 287 g/mol. The van der Waals surface area contributed by atoms with Gasteiger partial charge in [-0.3, -0.25) is 0 Å². The zero-order valence-electron chi connectivity index (χ0n) is 14.9. The van der Waals surface area contributed by atoms with E-state index in [0.717, 1.165) is 18.4 Å². The Bertz CT molecular complexity index is 381. The quantitative estimate of drug-likeness (QED) is 0.374. The molecule has 3 nitrogen and oxygen atoms in total. The third-order valence-electron chi connectivity index (χ3n) is 4.02. The molecule has 0 spiro atoms. The van der Waals surface area contributed by atoms with Crippen molar-refractivity contribution >= 4 is 7.32 Å². The maximum Gasteiger partial charge on any atom is 0.710 e. The van der Waals surface area contributed by atoms with Crippen LogP contribution in [0, 0.1) is 6.92 Å². The molecule has 0 amide bonds. The Balaban J connectivity index is 1.89. The molecule has 0 unspecified atom stereocenters. The van der Waals surface area contributed by atoms with Crippen molar-refractivity contribution in [1.82, 2.24) is 0 Å². The highest BCUT2D eigenvalue weighted by atomic mass is 16.7. The summed E-state index contributed by atoms with van der Waals surface area (Å²) >= 11 is 0. The molecule has 130 valence electrons. The van der Waals surface area contributed by atoms with Gasteiger partial charge in [0.25, 0.3) is 0 Å². The van der Waals surface area contributed by atoms with Gasteiger partial charge in [-0.25, -0.2) is 0 Å². The number of aryl methyl sites for hydroxylation is 1. The van der Waals surface area contributed by atoms with Crippen molar-refractivity contribution in [2.45, 2.75) is 78.1 Å². The first-order valence-electron chi connectivity index (χ1n) is 9.25. The van der Waals surface area contributed by atoms with Crippen LogP contribution in [0.15, 0.2) is 24.3 Å². The van der Waals surface area contributed by atoms with E-state index < -0.39 is 7.32 Å². The van der Waals surface area contributed by atoms with Gasteiger partial charge in [0, 0.05) is 6.61 Å². The minimum atomic E-state index is -1.17. The first-order valence-corrected chi connectivity index (χ1v) is 9.25. The molecular formula is C19H33BO3. The number of hydrogen-bond donors (Lipinski definition) is 1. The van der Waals surface area contributed by atoms with Crippen LogP contribution in [0.5, 0.6) is 5.75 Å². The van der Waals surface area contributed by atoms with Gasteiger partial charge in [0.1, 0.15) is 5.75 Å². The van der Waals surface area contributed by atoms with Crippen LogP contribution in [-0.4, -0.2) is 19.0 Å². The van der Waals surface area contributed by atoms with Crippen molar-refractivity contribution in [2.24, 2.45) is 0 Å². The van der Waals surface area contributed by atoms with E-state index in [2.05, 4.69) is 6.92 Å². The second kappa shape index (κ2) is 13.4. The molecule has 23 heavy (non-hydrogen) atoms. The molecule has 1 aromatic carbocycles. The van der Waals surface area contributed by atoms with Crippen LogP contribution < -0.4 is 4.65 Å². The van der Waals surface area contributed by atoms with Gasteiger partial charge in [0.15, 0.2) is 0 Å². The minimum absolute atomic E-state index is 0.545. The van der Waals surface area contributed by atoms with Gasteiger partial charge >= 0.3 is 7.32 Å². The highest BCUT2D eigenvalue weighted by Crippen LogP contribution is 2.13. The van der Waals surface area contributed by atoms with E-state index >= 15 is 0 Å². The predicted octanol–water partition coefficient (Wildman–Crippen LogP) is 5.29. The Kier molecular flexibility index (Phi) is 11.7. The van der Waals surface area contributed by atoms with Gasteiger partial charge in [0.05, 0.1) is 0 Å². The van der Waals surface area contributed by atoms with Crippen LogP contribution in [0.2, 0.25) is 0 Å². The van der Waals surface area contributed by atoms with Crippen LogP contribution in [0.4, 0.5) is 0 Å². The van der Waals surface area contributed by atoms with Gasteiger partial charge in [-0.15, -0.1) is 0 Å². The van der Waals surface area contributed by atoms with Crippen LogP contribution in [-0.2, 0) is 4.65 Å². The topological polar surface area (TPSA) is 38.7 Å². The average Bonchev–Trinajstić information content (AvgIpc) is 2.55. The second-order valence-electron chi connectivity index (χ2n) is 6.29. The molecule has 0 radical (unpaired) electrons. The summed E-state index contributed by atoms with van der Waals surface area (Å²) < 4.78 is 10.6. The lowest BCUT2D eigenvalue weighted by molar-refractivity contribution is 0.189. The molecule has 0 heterocycles. The monoisotopic (exact) mass is 320 g/mol. The van der Waals surface area contributed by atoms with Crippen LogP contribution in [0.1, 0.15) is 76.7 Å². The maximum atomic E-state index is 9.67. The molecule has 0 bridgehead atoms. The summed E-state index contributed by atoms with van der Waals surface area (Å²) in [7, 11) is -1.17. The average molecular weight is 320 g/mol. The highest BCUT2D eigenvalue weighted by Gasteiger charge is 2.17. The first-order chi connectivity index (χ1) is 11.2. The van der Waals surface area contributed by atoms with Crippen LogP contribution in [0.3, 0.4) is 0 Å². The molecule has 0 atom stereocenters. The Labute approximate surface area is 142 Å². The molecule has 1 aromatic rings. The van der Waals surface area contributed by atoms with Crippen LogP contribution in [0.25, 0.3) is 0 Å². The van der Waals surface area contributed by atoms with Crippen LogP contribution >= 0.6 is 0 Å². The highest BCUT2D eigenvalue weighted by molar-refractivity contribution is 6.35. The minimum Gasteiger partial charge on any atom is -0.512 e. The van der Waals surface area contributed by atoms with Crippen molar-refractivity contribution in [3.63, 3.8) is 0 Å². The lowest BCUT2D eigenvalue weighted by Gasteiger charge is -2.10. The number of rotatable bonds is 14. The lowest BCUT2D eigenvalue weighted by atomic mass is 10.1. The van der Waals surface area contributed by atoms with E-state index in [0.29, 0.717) is 12.4 Å². The van der Waals surface area contributed by atoms with Gasteiger partial charge in [-0.05, 0) is 25.5 Å². The molecule has 0 fully saturated rings. The van der Waals surface area contributed by atoms with Crippen molar-refractivity contribution in [3.8, 4) is 5.75 Å². The Hall–Kier alpha value is -0.995. The molecule has 0 aliphatic carbocycles. The van der Waals surface area contributed by atoms with Gasteiger partial charge in [-0.2, -0.15) is 0 Å². The van der Waals surface area contributed by atoms with E-state index in [-0.39, 0.29) is 0 Å².